The third-order valence-electron chi connectivity index (χ3n) is 1.34. The minimum Gasteiger partial charge on any atom is -0.304 e. The highest BCUT2D eigenvalue weighted by atomic mass is 35.5. The fraction of sp³-hybridized carbons (Fsp3) is 0.125. The Morgan fingerprint density at radius 1 is 1.33 bits per heavy atom. The topological polar surface area (TPSA) is 29.3 Å². The molecule has 0 aliphatic heterocycles. The Kier molecular flexibility index (Phi) is 4.81. The Morgan fingerprint density at radius 3 is 2.25 bits per heavy atom. The summed E-state index contributed by atoms with van der Waals surface area (Å²) in [5, 5.41) is 1.44. The third kappa shape index (κ3) is 2.77. The van der Waals surface area contributed by atoms with Gasteiger partial charge in [0.2, 0.25) is 0 Å². The van der Waals surface area contributed by atoms with Gasteiger partial charge in [0, 0.05) is 12.6 Å². The zero-order chi connectivity index (χ0) is 8.27. The summed E-state index contributed by atoms with van der Waals surface area (Å²) in [7, 11) is 1.73. The van der Waals surface area contributed by atoms with Crippen molar-refractivity contribution in [1.29, 1.82) is 0 Å². The summed E-state index contributed by atoms with van der Waals surface area (Å²) in [6, 6.07) is 9.69. The van der Waals surface area contributed by atoms with Gasteiger partial charge in [0.05, 0.1) is 0 Å². The molecule has 0 aliphatic carbocycles. The van der Waals surface area contributed by atoms with Crippen molar-refractivity contribution < 1.29 is 0 Å². The van der Waals surface area contributed by atoms with Crippen LogP contribution >= 0.6 is 24.6 Å². The molecule has 0 saturated carbocycles. The summed E-state index contributed by atoms with van der Waals surface area (Å²) in [4.78, 5) is 0.658. The van der Waals surface area contributed by atoms with Crippen LogP contribution < -0.4 is 5.84 Å². The molecule has 0 fully saturated rings. The molecule has 12 heavy (non-hydrogen) atoms. The second-order valence-electron chi connectivity index (χ2n) is 2.28. The summed E-state index contributed by atoms with van der Waals surface area (Å²) < 4.78 is 0. The van der Waals surface area contributed by atoms with E-state index in [2.05, 4.69) is 0 Å². The largest absolute Gasteiger partial charge is 0.304 e. The maximum absolute atomic E-state index is 5.46. The molecule has 0 heterocycles. The standard InChI is InChI=1S/C8H10N2S.ClH/c1-10(9)8(11)7-5-3-2-4-6-7;/h2-6H,9H2,1H3;1H. The van der Waals surface area contributed by atoms with Crippen molar-refractivity contribution in [2.24, 2.45) is 5.84 Å². The molecule has 0 amide bonds. The number of benzene rings is 1. The summed E-state index contributed by atoms with van der Waals surface area (Å²) in [6.07, 6.45) is 0. The molecule has 1 aromatic rings. The van der Waals surface area contributed by atoms with E-state index >= 15 is 0 Å². The van der Waals surface area contributed by atoms with Crippen molar-refractivity contribution in [3.05, 3.63) is 35.9 Å². The molecule has 0 atom stereocenters. The van der Waals surface area contributed by atoms with Crippen molar-refractivity contribution in [3.63, 3.8) is 0 Å². The number of hydrogen-bond donors (Lipinski definition) is 1. The fourth-order valence-electron chi connectivity index (χ4n) is 0.784. The highest BCUT2D eigenvalue weighted by Crippen LogP contribution is 2.01. The van der Waals surface area contributed by atoms with Crippen LogP contribution in [0.25, 0.3) is 0 Å². The Hall–Kier alpha value is -0.640. The lowest BCUT2D eigenvalue weighted by molar-refractivity contribution is 0.550. The first kappa shape index (κ1) is 11.4. The van der Waals surface area contributed by atoms with E-state index in [0.29, 0.717) is 4.99 Å². The molecule has 1 rings (SSSR count). The van der Waals surface area contributed by atoms with Crippen molar-refractivity contribution in [1.82, 2.24) is 5.01 Å². The van der Waals surface area contributed by atoms with Gasteiger partial charge in [0.25, 0.3) is 0 Å². The van der Waals surface area contributed by atoms with E-state index in [1.165, 1.54) is 5.01 Å². The number of hydrazine groups is 1. The predicted octanol–water partition coefficient (Wildman–Crippen LogP) is 1.59. The van der Waals surface area contributed by atoms with Crippen LogP contribution in [0.3, 0.4) is 0 Å². The average Bonchev–Trinajstić information content (AvgIpc) is 2.05. The van der Waals surface area contributed by atoms with Crippen molar-refractivity contribution in [2.45, 2.75) is 0 Å². The van der Waals surface area contributed by atoms with Crippen LogP contribution in [0, 0.1) is 0 Å². The van der Waals surface area contributed by atoms with Crippen LogP contribution in [0.4, 0.5) is 0 Å². The minimum atomic E-state index is 0. The molecule has 1 aromatic carbocycles. The number of rotatable bonds is 1. The molecule has 0 bridgehead atoms. The summed E-state index contributed by atoms with van der Waals surface area (Å²) in [5.41, 5.74) is 0.979. The lowest BCUT2D eigenvalue weighted by Crippen LogP contribution is -2.32. The normalized spacial score (nSPS) is 8.50. The van der Waals surface area contributed by atoms with E-state index in [1.54, 1.807) is 7.05 Å². The highest BCUT2D eigenvalue weighted by Gasteiger charge is 2.00. The maximum Gasteiger partial charge on any atom is 0.122 e. The Balaban J connectivity index is 0.00000121. The van der Waals surface area contributed by atoms with Gasteiger partial charge in [0.15, 0.2) is 0 Å². The molecule has 0 saturated heterocycles. The SMILES string of the molecule is CN(N)C(=S)c1ccccc1.Cl. The zero-order valence-corrected chi connectivity index (χ0v) is 8.36. The van der Waals surface area contributed by atoms with Crippen LogP contribution in [0.5, 0.6) is 0 Å². The smallest absolute Gasteiger partial charge is 0.122 e. The van der Waals surface area contributed by atoms with Crippen LogP contribution in [0.1, 0.15) is 5.56 Å². The number of nitrogens with two attached hydrogens (primary N) is 1. The van der Waals surface area contributed by atoms with E-state index in [9.17, 15) is 0 Å². The molecule has 0 aromatic heterocycles. The van der Waals surface area contributed by atoms with E-state index in [4.69, 9.17) is 18.1 Å². The molecule has 0 spiro atoms. The number of halogens is 1. The van der Waals surface area contributed by atoms with Gasteiger partial charge < -0.3 is 5.01 Å². The summed E-state index contributed by atoms with van der Waals surface area (Å²) in [6.45, 7) is 0. The molecule has 66 valence electrons. The highest BCUT2D eigenvalue weighted by molar-refractivity contribution is 7.80. The first-order chi connectivity index (χ1) is 5.22. The molecular formula is C8H11ClN2S. The average molecular weight is 203 g/mol. The van der Waals surface area contributed by atoms with E-state index in [0.717, 1.165) is 5.56 Å². The van der Waals surface area contributed by atoms with Crippen LogP contribution in [0.2, 0.25) is 0 Å². The van der Waals surface area contributed by atoms with Gasteiger partial charge in [-0.05, 0) is 0 Å². The number of thiocarbonyl (C=S) groups is 1. The first-order valence-electron chi connectivity index (χ1n) is 3.29. The second kappa shape index (κ2) is 5.09. The van der Waals surface area contributed by atoms with Gasteiger partial charge in [-0.25, -0.2) is 5.84 Å². The van der Waals surface area contributed by atoms with E-state index in [-0.39, 0.29) is 12.4 Å². The molecule has 0 aliphatic rings. The monoisotopic (exact) mass is 202 g/mol. The summed E-state index contributed by atoms with van der Waals surface area (Å²) >= 11 is 5.05. The van der Waals surface area contributed by atoms with E-state index in [1.807, 2.05) is 30.3 Å². The van der Waals surface area contributed by atoms with Crippen molar-refractivity contribution in [2.75, 3.05) is 7.05 Å². The second-order valence-corrected chi connectivity index (χ2v) is 2.67. The zero-order valence-electron chi connectivity index (χ0n) is 6.73. The molecule has 0 radical (unpaired) electrons. The first-order valence-corrected chi connectivity index (χ1v) is 3.70. The fourth-order valence-corrected chi connectivity index (χ4v) is 0.920. The Bertz CT molecular complexity index is 248. The molecular weight excluding hydrogens is 192 g/mol. The van der Waals surface area contributed by atoms with Crippen LogP contribution in [-0.4, -0.2) is 17.0 Å². The molecule has 4 heteroatoms. The third-order valence-corrected chi connectivity index (χ3v) is 1.86. The van der Waals surface area contributed by atoms with Gasteiger partial charge in [-0.15, -0.1) is 12.4 Å². The van der Waals surface area contributed by atoms with Crippen molar-refractivity contribution in [3.8, 4) is 0 Å². The minimum absolute atomic E-state index is 0. The van der Waals surface area contributed by atoms with Crippen LogP contribution in [0.15, 0.2) is 30.3 Å². The van der Waals surface area contributed by atoms with Crippen molar-refractivity contribution >= 4 is 29.6 Å². The number of hydrogen-bond acceptors (Lipinski definition) is 2. The van der Waals surface area contributed by atoms with Gasteiger partial charge in [-0.2, -0.15) is 0 Å². The Morgan fingerprint density at radius 2 is 1.83 bits per heavy atom. The van der Waals surface area contributed by atoms with Gasteiger partial charge in [-0.1, -0.05) is 42.5 Å². The number of nitrogens with zero attached hydrogens (tertiary/aromatic N) is 1. The lowest BCUT2D eigenvalue weighted by atomic mass is 10.2. The lowest BCUT2D eigenvalue weighted by Gasteiger charge is -2.12. The van der Waals surface area contributed by atoms with Gasteiger partial charge >= 0.3 is 0 Å². The van der Waals surface area contributed by atoms with E-state index < -0.39 is 0 Å². The molecule has 2 N–H and O–H groups in total. The molecule has 0 unspecified atom stereocenters. The maximum atomic E-state index is 5.46. The summed E-state index contributed by atoms with van der Waals surface area (Å²) in [5.74, 6) is 5.46. The van der Waals surface area contributed by atoms with Gasteiger partial charge in [-0.3, -0.25) is 0 Å². The predicted molar refractivity (Wildman–Crippen MR) is 57.3 cm³/mol. The van der Waals surface area contributed by atoms with Gasteiger partial charge in [0.1, 0.15) is 4.99 Å². The Labute approximate surface area is 83.7 Å². The quantitative estimate of drug-likeness (QED) is 0.426. The van der Waals surface area contributed by atoms with Crippen LogP contribution in [-0.2, 0) is 0 Å². The molecule has 2 nitrogen and oxygen atoms in total.